The smallest absolute Gasteiger partial charge is 0.150 e. The molecule has 90 valence electrons. The lowest BCUT2D eigenvalue weighted by atomic mass is 9.80. The molecule has 15 heavy (non-hydrogen) atoms. The second-order valence-electron chi connectivity index (χ2n) is 4.56. The molecule has 0 saturated carbocycles. The fraction of sp³-hybridized carbons (Fsp3) is 1.00. The fourth-order valence-electron chi connectivity index (χ4n) is 2.69. The van der Waals surface area contributed by atoms with Gasteiger partial charge >= 0.3 is 0 Å². The molecule has 0 radical (unpaired) electrons. The van der Waals surface area contributed by atoms with Crippen LogP contribution in [-0.2, 0) is 9.84 Å². The lowest BCUT2D eigenvalue weighted by Gasteiger charge is -2.28. The SMILES string of the molecule is CCC(CC)C(CBr)C1CCS(=O)(=O)C1. The maximum Gasteiger partial charge on any atom is 0.150 e. The summed E-state index contributed by atoms with van der Waals surface area (Å²) in [6, 6.07) is 0. The van der Waals surface area contributed by atoms with Crippen molar-refractivity contribution >= 4 is 25.8 Å². The van der Waals surface area contributed by atoms with Gasteiger partial charge in [-0.1, -0.05) is 42.6 Å². The third kappa shape index (κ3) is 3.45. The number of alkyl halides is 1. The van der Waals surface area contributed by atoms with Crippen LogP contribution in [0.3, 0.4) is 0 Å². The Kier molecular flexibility index (Phi) is 5.10. The first-order valence-electron chi connectivity index (χ1n) is 5.80. The number of halogens is 1. The van der Waals surface area contributed by atoms with E-state index < -0.39 is 9.84 Å². The van der Waals surface area contributed by atoms with Gasteiger partial charge < -0.3 is 0 Å². The molecule has 1 rings (SSSR count). The Hall–Kier alpha value is 0.430. The average molecular weight is 297 g/mol. The van der Waals surface area contributed by atoms with Crippen molar-refractivity contribution < 1.29 is 8.42 Å². The Bertz CT molecular complexity index is 283. The summed E-state index contributed by atoms with van der Waals surface area (Å²) in [5.41, 5.74) is 0. The summed E-state index contributed by atoms with van der Waals surface area (Å²) in [6.45, 7) is 4.40. The molecule has 0 bridgehead atoms. The summed E-state index contributed by atoms with van der Waals surface area (Å²) in [5.74, 6) is 2.42. The number of hydrogen-bond donors (Lipinski definition) is 0. The van der Waals surface area contributed by atoms with Crippen LogP contribution in [0.2, 0.25) is 0 Å². The fourth-order valence-corrected chi connectivity index (χ4v) is 5.64. The topological polar surface area (TPSA) is 34.1 Å². The highest BCUT2D eigenvalue weighted by Gasteiger charge is 2.35. The van der Waals surface area contributed by atoms with Crippen LogP contribution in [0.25, 0.3) is 0 Å². The van der Waals surface area contributed by atoms with Crippen molar-refractivity contribution in [1.29, 1.82) is 0 Å². The summed E-state index contributed by atoms with van der Waals surface area (Å²) < 4.78 is 22.9. The minimum Gasteiger partial charge on any atom is -0.229 e. The highest BCUT2D eigenvalue weighted by Crippen LogP contribution is 2.35. The molecule has 0 aromatic carbocycles. The Labute approximate surface area is 102 Å². The van der Waals surface area contributed by atoms with Crippen molar-refractivity contribution in [2.24, 2.45) is 17.8 Å². The predicted octanol–water partition coefficient (Wildman–Crippen LogP) is 2.87. The van der Waals surface area contributed by atoms with Crippen molar-refractivity contribution in [3.8, 4) is 0 Å². The van der Waals surface area contributed by atoms with Crippen LogP contribution >= 0.6 is 15.9 Å². The molecule has 1 heterocycles. The average Bonchev–Trinajstić information content (AvgIpc) is 2.54. The lowest BCUT2D eigenvalue weighted by molar-refractivity contribution is 0.259. The monoisotopic (exact) mass is 296 g/mol. The Balaban J connectivity index is 2.67. The first kappa shape index (κ1) is 13.5. The van der Waals surface area contributed by atoms with Crippen LogP contribution in [0.1, 0.15) is 33.1 Å². The molecule has 4 heteroatoms. The van der Waals surface area contributed by atoms with Crippen LogP contribution in [0.5, 0.6) is 0 Å². The lowest BCUT2D eigenvalue weighted by Crippen LogP contribution is -2.25. The van der Waals surface area contributed by atoms with Gasteiger partial charge in [-0.25, -0.2) is 8.42 Å². The second kappa shape index (κ2) is 5.67. The van der Waals surface area contributed by atoms with E-state index in [1.165, 1.54) is 0 Å². The highest BCUT2D eigenvalue weighted by atomic mass is 79.9. The van der Waals surface area contributed by atoms with E-state index in [0.29, 0.717) is 29.3 Å². The van der Waals surface area contributed by atoms with Crippen LogP contribution in [0.4, 0.5) is 0 Å². The zero-order valence-corrected chi connectivity index (χ0v) is 12.0. The molecule has 1 fully saturated rings. The zero-order valence-electron chi connectivity index (χ0n) is 9.58. The molecule has 0 aromatic heterocycles. The standard InChI is InChI=1S/C11H21BrO2S/c1-3-9(4-2)11(7-12)10-5-6-15(13,14)8-10/h9-11H,3-8H2,1-2H3. The molecule has 0 aliphatic carbocycles. The van der Waals surface area contributed by atoms with E-state index in [4.69, 9.17) is 0 Å². The van der Waals surface area contributed by atoms with E-state index in [9.17, 15) is 8.42 Å². The molecule has 1 saturated heterocycles. The zero-order chi connectivity index (χ0) is 11.5. The Morgan fingerprint density at radius 2 is 1.93 bits per heavy atom. The van der Waals surface area contributed by atoms with Gasteiger partial charge in [0.15, 0.2) is 9.84 Å². The predicted molar refractivity (Wildman–Crippen MR) is 68.1 cm³/mol. The minimum absolute atomic E-state index is 0.388. The van der Waals surface area contributed by atoms with Gasteiger partial charge in [-0.2, -0.15) is 0 Å². The van der Waals surface area contributed by atoms with Crippen molar-refractivity contribution in [3.63, 3.8) is 0 Å². The van der Waals surface area contributed by atoms with Gasteiger partial charge in [0, 0.05) is 5.33 Å². The third-order valence-corrected chi connectivity index (χ3v) is 6.25. The summed E-state index contributed by atoms with van der Waals surface area (Å²) in [4.78, 5) is 0. The molecule has 0 amide bonds. The molecule has 0 aromatic rings. The van der Waals surface area contributed by atoms with Gasteiger partial charge in [-0.05, 0) is 24.2 Å². The minimum atomic E-state index is -2.72. The number of hydrogen-bond acceptors (Lipinski definition) is 2. The summed E-state index contributed by atoms with van der Waals surface area (Å²) in [5, 5.41) is 0.944. The molecule has 0 N–H and O–H groups in total. The van der Waals surface area contributed by atoms with Gasteiger partial charge in [0.25, 0.3) is 0 Å². The van der Waals surface area contributed by atoms with E-state index in [1.807, 2.05) is 0 Å². The molecule has 2 nitrogen and oxygen atoms in total. The molecule has 1 aliphatic heterocycles. The first-order chi connectivity index (χ1) is 7.04. The van der Waals surface area contributed by atoms with Crippen molar-refractivity contribution in [3.05, 3.63) is 0 Å². The Morgan fingerprint density at radius 3 is 2.27 bits per heavy atom. The van der Waals surface area contributed by atoms with Gasteiger partial charge in [0.2, 0.25) is 0 Å². The first-order valence-corrected chi connectivity index (χ1v) is 8.74. The molecule has 0 spiro atoms. The van der Waals surface area contributed by atoms with Crippen LogP contribution in [0.15, 0.2) is 0 Å². The van der Waals surface area contributed by atoms with Crippen molar-refractivity contribution in [1.82, 2.24) is 0 Å². The second-order valence-corrected chi connectivity index (χ2v) is 7.43. The van der Waals surface area contributed by atoms with Gasteiger partial charge in [0.05, 0.1) is 11.5 Å². The van der Waals surface area contributed by atoms with Crippen LogP contribution < -0.4 is 0 Å². The van der Waals surface area contributed by atoms with E-state index in [1.54, 1.807) is 0 Å². The van der Waals surface area contributed by atoms with Crippen molar-refractivity contribution in [2.75, 3.05) is 16.8 Å². The quantitative estimate of drug-likeness (QED) is 0.731. The molecular weight excluding hydrogens is 276 g/mol. The highest BCUT2D eigenvalue weighted by molar-refractivity contribution is 9.09. The van der Waals surface area contributed by atoms with E-state index >= 15 is 0 Å². The molecule has 1 aliphatic rings. The summed E-state index contributed by atoms with van der Waals surface area (Å²) >= 11 is 3.55. The Morgan fingerprint density at radius 1 is 1.33 bits per heavy atom. The van der Waals surface area contributed by atoms with Gasteiger partial charge in [-0.15, -0.1) is 0 Å². The number of sulfone groups is 1. The van der Waals surface area contributed by atoms with E-state index in [2.05, 4.69) is 29.8 Å². The largest absolute Gasteiger partial charge is 0.229 e. The molecular formula is C11H21BrO2S. The van der Waals surface area contributed by atoms with E-state index in [-0.39, 0.29) is 0 Å². The van der Waals surface area contributed by atoms with Gasteiger partial charge in [-0.3, -0.25) is 0 Å². The summed E-state index contributed by atoms with van der Waals surface area (Å²) in [7, 11) is -2.72. The van der Waals surface area contributed by atoms with Crippen molar-refractivity contribution in [2.45, 2.75) is 33.1 Å². The van der Waals surface area contributed by atoms with Crippen LogP contribution in [0, 0.1) is 17.8 Å². The maximum absolute atomic E-state index is 11.4. The molecule has 2 atom stereocenters. The summed E-state index contributed by atoms with van der Waals surface area (Å²) in [6.07, 6.45) is 3.18. The van der Waals surface area contributed by atoms with Crippen LogP contribution in [-0.4, -0.2) is 25.3 Å². The third-order valence-electron chi connectivity index (χ3n) is 3.71. The maximum atomic E-state index is 11.4. The number of rotatable bonds is 5. The van der Waals surface area contributed by atoms with E-state index in [0.717, 1.165) is 24.6 Å². The molecule has 2 unspecified atom stereocenters. The normalized spacial score (nSPS) is 27.1. The van der Waals surface area contributed by atoms with Gasteiger partial charge in [0.1, 0.15) is 0 Å².